The molecule has 1 fully saturated rings. The van der Waals surface area contributed by atoms with Gasteiger partial charge < -0.3 is 10.6 Å². The van der Waals surface area contributed by atoms with Gasteiger partial charge in [-0.3, -0.25) is 4.79 Å². The summed E-state index contributed by atoms with van der Waals surface area (Å²) in [6.07, 6.45) is 1.84. The first-order valence-electron chi connectivity index (χ1n) is 7.56. The summed E-state index contributed by atoms with van der Waals surface area (Å²) < 4.78 is 26.3. The summed E-state index contributed by atoms with van der Waals surface area (Å²) in [6, 6.07) is 9.33. The van der Waals surface area contributed by atoms with Crippen LogP contribution in [0.1, 0.15) is 18.4 Å². The number of benzene rings is 1. The summed E-state index contributed by atoms with van der Waals surface area (Å²) in [5.41, 5.74) is 0.906. The van der Waals surface area contributed by atoms with Gasteiger partial charge in [0.15, 0.2) is 0 Å². The minimum Gasteiger partial charge on any atom is -0.355 e. The van der Waals surface area contributed by atoms with E-state index in [1.54, 1.807) is 0 Å². The zero-order valence-corrected chi connectivity index (χ0v) is 14.6. The third kappa shape index (κ3) is 7.30. The molecule has 1 aliphatic heterocycles. The maximum absolute atomic E-state index is 11.9. The van der Waals surface area contributed by atoms with Crippen LogP contribution in [0.4, 0.5) is 0 Å². The highest BCUT2D eigenvalue weighted by Gasteiger charge is 2.21. The SMILES string of the molecule is Cl.O=C(NCCS(=O)(=O)NCc1ccccc1)C1CCCNC1. The van der Waals surface area contributed by atoms with E-state index in [-0.39, 0.29) is 43.1 Å². The standard InChI is InChI=1S/C15H23N3O3S.ClH/c19-15(14-7-4-8-16-12-14)17-9-10-22(20,21)18-11-13-5-2-1-3-6-13;/h1-3,5-6,14,16,18H,4,7-12H2,(H,17,19);1H. The zero-order chi connectivity index (χ0) is 15.8. The van der Waals surface area contributed by atoms with Crippen LogP contribution in [-0.2, 0) is 21.4 Å². The van der Waals surface area contributed by atoms with Crippen molar-refractivity contribution >= 4 is 28.3 Å². The number of carbonyl (C=O) groups excluding carboxylic acids is 1. The molecule has 1 amide bonds. The number of hydrogen-bond acceptors (Lipinski definition) is 4. The predicted molar refractivity (Wildman–Crippen MR) is 92.9 cm³/mol. The molecule has 1 unspecified atom stereocenters. The fourth-order valence-electron chi connectivity index (χ4n) is 2.39. The van der Waals surface area contributed by atoms with Gasteiger partial charge in [0.05, 0.1) is 11.7 Å². The van der Waals surface area contributed by atoms with Gasteiger partial charge in [-0.15, -0.1) is 12.4 Å². The molecule has 0 aromatic heterocycles. The normalized spacial score (nSPS) is 18.0. The monoisotopic (exact) mass is 361 g/mol. The Morgan fingerprint density at radius 1 is 1.26 bits per heavy atom. The lowest BCUT2D eigenvalue weighted by Gasteiger charge is -2.21. The molecule has 23 heavy (non-hydrogen) atoms. The topological polar surface area (TPSA) is 87.3 Å². The molecule has 130 valence electrons. The maximum atomic E-state index is 11.9. The molecule has 8 heteroatoms. The average Bonchev–Trinajstić information content (AvgIpc) is 2.55. The van der Waals surface area contributed by atoms with Crippen molar-refractivity contribution in [3.8, 4) is 0 Å². The Bertz CT molecular complexity index is 575. The quantitative estimate of drug-likeness (QED) is 0.665. The summed E-state index contributed by atoms with van der Waals surface area (Å²) in [7, 11) is -3.39. The number of amides is 1. The van der Waals surface area contributed by atoms with Gasteiger partial charge in [-0.25, -0.2) is 13.1 Å². The van der Waals surface area contributed by atoms with Gasteiger partial charge in [-0.05, 0) is 24.9 Å². The van der Waals surface area contributed by atoms with Crippen molar-refractivity contribution in [2.45, 2.75) is 19.4 Å². The minimum absolute atomic E-state index is 0. The first-order chi connectivity index (χ1) is 10.6. The summed E-state index contributed by atoms with van der Waals surface area (Å²) in [4.78, 5) is 11.9. The van der Waals surface area contributed by atoms with E-state index < -0.39 is 10.0 Å². The van der Waals surface area contributed by atoms with Crippen molar-refractivity contribution in [2.75, 3.05) is 25.4 Å². The third-order valence-corrected chi connectivity index (χ3v) is 5.00. The van der Waals surface area contributed by atoms with Crippen molar-refractivity contribution in [2.24, 2.45) is 5.92 Å². The molecular weight excluding hydrogens is 338 g/mol. The second-order valence-electron chi connectivity index (χ2n) is 5.46. The van der Waals surface area contributed by atoms with Crippen LogP contribution in [0.5, 0.6) is 0 Å². The minimum atomic E-state index is -3.39. The average molecular weight is 362 g/mol. The Kier molecular flexibility index (Phi) is 8.54. The molecular formula is C15H24ClN3O3S. The molecule has 1 atom stereocenters. The van der Waals surface area contributed by atoms with Crippen molar-refractivity contribution in [1.82, 2.24) is 15.4 Å². The van der Waals surface area contributed by atoms with Gasteiger partial charge in [0.25, 0.3) is 0 Å². The van der Waals surface area contributed by atoms with Crippen molar-refractivity contribution in [3.05, 3.63) is 35.9 Å². The Labute approximate surface area is 143 Å². The Balaban J connectivity index is 0.00000264. The van der Waals surface area contributed by atoms with Gasteiger partial charge in [-0.1, -0.05) is 30.3 Å². The molecule has 0 radical (unpaired) electrons. The van der Waals surface area contributed by atoms with Crippen LogP contribution in [0.25, 0.3) is 0 Å². The molecule has 0 aliphatic carbocycles. The molecule has 1 aromatic rings. The number of piperidine rings is 1. The van der Waals surface area contributed by atoms with Crippen LogP contribution in [0.3, 0.4) is 0 Å². The second kappa shape index (κ2) is 9.87. The number of sulfonamides is 1. The molecule has 6 nitrogen and oxygen atoms in total. The molecule has 3 N–H and O–H groups in total. The highest BCUT2D eigenvalue weighted by molar-refractivity contribution is 7.89. The van der Waals surface area contributed by atoms with Gasteiger partial charge in [0.2, 0.25) is 15.9 Å². The molecule has 2 rings (SSSR count). The first kappa shape index (κ1) is 19.9. The summed E-state index contributed by atoms with van der Waals surface area (Å²) in [5, 5.41) is 5.88. The second-order valence-corrected chi connectivity index (χ2v) is 7.39. The fraction of sp³-hybridized carbons (Fsp3) is 0.533. The highest BCUT2D eigenvalue weighted by atomic mass is 35.5. The lowest BCUT2D eigenvalue weighted by molar-refractivity contribution is -0.125. The van der Waals surface area contributed by atoms with Gasteiger partial charge in [0.1, 0.15) is 0 Å². The predicted octanol–water partition coefficient (Wildman–Crippen LogP) is 0.644. The molecule has 0 bridgehead atoms. The highest BCUT2D eigenvalue weighted by Crippen LogP contribution is 2.09. The van der Waals surface area contributed by atoms with E-state index in [0.29, 0.717) is 6.54 Å². The third-order valence-electron chi connectivity index (χ3n) is 3.68. The lowest BCUT2D eigenvalue weighted by Crippen LogP contribution is -2.42. The van der Waals surface area contributed by atoms with Crippen LogP contribution in [0, 0.1) is 5.92 Å². The molecule has 1 saturated heterocycles. The Morgan fingerprint density at radius 2 is 2.00 bits per heavy atom. The summed E-state index contributed by atoms with van der Waals surface area (Å²) in [6.45, 7) is 2.02. The van der Waals surface area contributed by atoms with Crippen molar-refractivity contribution < 1.29 is 13.2 Å². The molecule has 1 aromatic carbocycles. The van der Waals surface area contributed by atoms with Gasteiger partial charge in [-0.2, -0.15) is 0 Å². The van der Waals surface area contributed by atoms with Crippen LogP contribution in [0.15, 0.2) is 30.3 Å². The number of halogens is 1. The summed E-state index contributed by atoms with van der Waals surface area (Å²) >= 11 is 0. The maximum Gasteiger partial charge on any atom is 0.224 e. The van der Waals surface area contributed by atoms with E-state index in [1.165, 1.54) is 0 Å². The van der Waals surface area contributed by atoms with Crippen LogP contribution in [0.2, 0.25) is 0 Å². The number of rotatable bonds is 7. The fourth-order valence-corrected chi connectivity index (χ4v) is 3.29. The Hall–Kier alpha value is -1.15. The Morgan fingerprint density at radius 3 is 2.65 bits per heavy atom. The van der Waals surface area contributed by atoms with Crippen molar-refractivity contribution in [3.63, 3.8) is 0 Å². The van der Waals surface area contributed by atoms with Crippen molar-refractivity contribution in [1.29, 1.82) is 0 Å². The van der Waals surface area contributed by atoms with E-state index in [4.69, 9.17) is 0 Å². The summed E-state index contributed by atoms with van der Waals surface area (Å²) in [5.74, 6) is -0.217. The first-order valence-corrected chi connectivity index (χ1v) is 9.22. The van der Waals surface area contributed by atoms with Gasteiger partial charge in [0, 0.05) is 19.6 Å². The number of carbonyl (C=O) groups is 1. The van der Waals surface area contributed by atoms with Crippen LogP contribution in [-0.4, -0.2) is 39.7 Å². The van der Waals surface area contributed by atoms with E-state index >= 15 is 0 Å². The van der Waals surface area contributed by atoms with Gasteiger partial charge >= 0.3 is 0 Å². The molecule has 0 spiro atoms. The largest absolute Gasteiger partial charge is 0.355 e. The smallest absolute Gasteiger partial charge is 0.224 e. The molecule has 1 aliphatic rings. The van der Waals surface area contributed by atoms with Crippen LogP contribution >= 0.6 is 12.4 Å². The van der Waals surface area contributed by atoms with E-state index in [0.717, 1.165) is 24.9 Å². The molecule has 1 heterocycles. The van der Waals surface area contributed by atoms with E-state index in [1.807, 2.05) is 30.3 Å². The van der Waals surface area contributed by atoms with E-state index in [9.17, 15) is 13.2 Å². The van der Waals surface area contributed by atoms with Crippen LogP contribution < -0.4 is 15.4 Å². The lowest BCUT2D eigenvalue weighted by atomic mass is 9.99. The van der Waals surface area contributed by atoms with E-state index in [2.05, 4.69) is 15.4 Å². The zero-order valence-electron chi connectivity index (χ0n) is 13.0. The number of nitrogens with one attached hydrogen (secondary N) is 3. The number of hydrogen-bond donors (Lipinski definition) is 3. The molecule has 0 saturated carbocycles.